The Morgan fingerprint density at radius 2 is 1.89 bits per heavy atom. The number of rotatable bonds is 0. The van der Waals surface area contributed by atoms with E-state index < -0.39 is 12.1 Å². The van der Waals surface area contributed by atoms with Gasteiger partial charge in [-0.15, -0.1) is 11.3 Å². The van der Waals surface area contributed by atoms with Gasteiger partial charge >= 0.3 is 12.1 Å². The van der Waals surface area contributed by atoms with Crippen molar-refractivity contribution in [3.63, 3.8) is 0 Å². The Morgan fingerprint density at radius 1 is 1.33 bits per heavy atom. The van der Waals surface area contributed by atoms with Gasteiger partial charge < -0.3 is 5.11 Å². The second kappa shape index (κ2) is 5.51. The van der Waals surface area contributed by atoms with Gasteiger partial charge in [-0.1, -0.05) is 18.2 Å². The molecule has 18 heavy (non-hydrogen) atoms. The maximum absolute atomic E-state index is 10.6. The van der Waals surface area contributed by atoms with Gasteiger partial charge in [0.05, 0.1) is 5.56 Å². The zero-order valence-corrected chi connectivity index (χ0v) is 9.55. The monoisotopic (exact) mass is 273 g/mol. The smallest absolute Gasteiger partial charge is 0.475 e. The van der Waals surface area contributed by atoms with Crippen LogP contribution in [0.25, 0.3) is 10.1 Å². The van der Waals surface area contributed by atoms with Crippen LogP contribution in [-0.2, 0) is 4.79 Å². The summed E-state index contributed by atoms with van der Waals surface area (Å²) >= 11 is 1.62. The molecule has 1 N–H and O–H groups in total. The number of alkyl halides is 3. The lowest BCUT2D eigenvalue weighted by Crippen LogP contribution is -2.21. The van der Waals surface area contributed by atoms with Crippen LogP contribution in [0.3, 0.4) is 0 Å². The zero-order chi connectivity index (χ0) is 13.8. The molecule has 2 aromatic rings. The van der Waals surface area contributed by atoms with E-state index in [-0.39, 0.29) is 0 Å². The van der Waals surface area contributed by atoms with E-state index in [1.54, 1.807) is 11.3 Å². The third-order valence-electron chi connectivity index (χ3n) is 1.84. The molecule has 1 aromatic carbocycles. The molecule has 0 saturated carbocycles. The number of hydrogen-bond donors (Lipinski definition) is 1. The van der Waals surface area contributed by atoms with Crippen molar-refractivity contribution in [2.75, 3.05) is 0 Å². The van der Waals surface area contributed by atoms with Crippen LogP contribution >= 0.6 is 11.3 Å². The minimum Gasteiger partial charge on any atom is -0.475 e. The van der Waals surface area contributed by atoms with Crippen LogP contribution in [0.2, 0.25) is 0 Å². The van der Waals surface area contributed by atoms with Crippen LogP contribution in [0, 0.1) is 11.3 Å². The van der Waals surface area contributed by atoms with Crippen LogP contribution in [0.5, 0.6) is 0 Å². The summed E-state index contributed by atoms with van der Waals surface area (Å²) in [6.07, 6.45) is -5.08. The van der Waals surface area contributed by atoms with E-state index in [1.807, 2.05) is 29.6 Å². The standard InChI is InChI=1S/C9H5NS.C2HF3O2/c10-5-7-6-11-9-4-2-1-3-8(7)9;3-2(4,5)1(6)7/h1-4,6H;(H,6,7). The molecule has 0 fully saturated rings. The predicted octanol–water partition coefficient (Wildman–Crippen LogP) is 3.41. The third kappa shape index (κ3) is 3.46. The lowest BCUT2D eigenvalue weighted by molar-refractivity contribution is -0.192. The van der Waals surface area contributed by atoms with Crippen molar-refractivity contribution in [3.8, 4) is 6.07 Å². The van der Waals surface area contributed by atoms with Crippen molar-refractivity contribution in [1.29, 1.82) is 5.26 Å². The highest BCUT2D eigenvalue weighted by molar-refractivity contribution is 7.17. The molecule has 0 aliphatic rings. The summed E-state index contributed by atoms with van der Waals surface area (Å²) in [5.41, 5.74) is 0.783. The topological polar surface area (TPSA) is 61.1 Å². The van der Waals surface area contributed by atoms with E-state index in [9.17, 15) is 13.2 Å². The van der Waals surface area contributed by atoms with E-state index in [1.165, 1.54) is 4.70 Å². The summed E-state index contributed by atoms with van der Waals surface area (Å²) in [5.74, 6) is -2.76. The summed E-state index contributed by atoms with van der Waals surface area (Å²) in [4.78, 5) is 8.90. The molecule has 0 aliphatic heterocycles. The number of nitrogens with zero attached hydrogens (tertiary/aromatic N) is 1. The Balaban J connectivity index is 0.000000203. The largest absolute Gasteiger partial charge is 0.490 e. The average Bonchev–Trinajstić information content (AvgIpc) is 2.71. The number of hydrogen-bond acceptors (Lipinski definition) is 3. The van der Waals surface area contributed by atoms with Crippen molar-refractivity contribution >= 4 is 27.4 Å². The Bertz CT molecular complexity index is 598. The van der Waals surface area contributed by atoms with E-state index in [2.05, 4.69) is 6.07 Å². The maximum Gasteiger partial charge on any atom is 0.490 e. The molecule has 3 nitrogen and oxygen atoms in total. The first kappa shape index (κ1) is 14.0. The Kier molecular flexibility index (Phi) is 4.28. The average molecular weight is 273 g/mol. The number of carbonyl (C=O) groups is 1. The molecule has 0 saturated heterocycles. The summed E-state index contributed by atoms with van der Waals surface area (Å²) in [5, 5.41) is 18.8. The highest BCUT2D eigenvalue weighted by atomic mass is 32.1. The number of carboxylic acid groups (broad SMARTS) is 1. The lowest BCUT2D eigenvalue weighted by Gasteiger charge is -1.93. The molecule has 1 heterocycles. The van der Waals surface area contributed by atoms with Gasteiger partial charge in [-0.05, 0) is 6.07 Å². The second-order valence-corrected chi connectivity index (χ2v) is 3.97. The van der Waals surface area contributed by atoms with Crippen molar-refractivity contribution < 1.29 is 23.1 Å². The molecule has 7 heteroatoms. The van der Waals surface area contributed by atoms with Gasteiger partial charge in [-0.3, -0.25) is 0 Å². The molecular weight excluding hydrogens is 267 g/mol. The predicted molar refractivity (Wildman–Crippen MR) is 60.2 cm³/mol. The summed E-state index contributed by atoms with van der Waals surface area (Å²) in [6, 6.07) is 10.1. The van der Waals surface area contributed by atoms with Gasteiger partial charge in [-0.25, -0.2) is 4.79 Å². The van der Waals surface area contributed by atoms with Crippen molar-refractivity contribution in [3.05, 3.63) is 35.2 Å². The summed E-state index contributed by atoms with van der Waals surface area (Å²) in [6.45, 7) is 0. The molecule has 2 rings (SSSR count). The fourth-order valence-electron chi connectivity index (χ4n) is 1.06. The first-order valence-electron chi connectivity index (χ1n) is 4.52. The molecule has 0 atom stereocenters. The number of fused-ring (bicyclic) bond motifs is 1. The fraction of sp³-hybridized carbons (Fsp3) is 0.0909. The Morgan fingerprint density at radius 3 is 2.39 bits per heavy atom. The zero-order valence-electron chi connectivity index (χ0n) is 8.73. The molecule has 0 spiro atoms. The fourth-order valence-corrected chi connectivity index (χ4v) is 1.95. The van der Waals surface area contributed by atoms with Gasteiger partial charge in [0.2, 0.25) is 0 Å². The highest BCUT2D eigenvalue weighted by Gasteiger charge is 2.38. The van der Waals surface area contributed by atoms with Gasteiger partial charge in [0.15, 0.2) is 0 Å². The van der Waals surface area contributed by atoms with Crippen LogP contribution in [-0.4, -0.2) is 17.3 Å². The molecule has 0 aliphatic carbocycles. The number of benzene rings is 1. The van der Waals surface area contributed by atoms with E-state index in [0.29, 0.717) is 0 Å². The van der Waals surface area contributed by atoms with Gasteiger partial charge in [0.1, 0.15) is 6.07 Å². The number of thiophene rings is 1. The molecule has 0 radical (unpaired) electrons. The summed E-state index contributed by atoms with van der Waals surface area (Å²) in [7, 11) is 0. The number of halogens is 3. The van der Waals surface area contributed by atoms with Crippen molar-refractivity contribution in [2.45, 2.75) is 6.18 Å². The van der Waals surface area contributed by atoms with Crippen LogP contribution in [0.15, 0.2) is 29.6 Å². The molecular formula is C11H6F3NO2S. The Hall–Kier alpha value is -2.07. The summed E-state index contributed by atoms with van der Waals surface area (Å²) < 4.78 is 32.9. The molecule has 0 unspecified atom stereocenters. The third-order valence-corrected chi connectivity index (χ3v) is 2.81. The second-order valence-electron chi connectivity index (χ2n) is 3.06. The first-order chi connectivity index (χ1) is 8.36. The van der Waals surface area contributed by atoms with Gasteiger partial charge in [0.25, 0.3) is 0 Å². The minimum absolute atomic E-state index is 0.783. The highest BCUT2D eigenvalue weighted by Crippen LogP contribution is 2.24. The first-order valence-corrected chi connectivity index (χ1v) is 5.40. The molecule has 94 valence electrons. The quantitative estimate of drug-likeness (QED) is 0.800. The normalized spacial score (nSPS) is 10.3. The lowest BCUT2D eigenvalue weighted by atomic mass is 10.2. The SMILES string of the molecule is N#Cc1csc2ccccc12.O=C(O)C(F)(F)F. The van der Waals surface area contributed by atoms with Crippen molar-refractivity contribution in [1.82, 2.24) is 0 Å². The maximum atomic E-state index is 10.6. The van der Waals surface area contributed by atoms with Gasteiger partial charge in [-0.2, -0.15) is 18.4 Å². The van der Waals surface area contributed by atoms with E-state index >= 15 is 0 Å². The molecule has 0 bridgehead atoms. The van der Waals surface area contributed by atoms with Crippen molar-refractivity contribution in [2.24, 2.45) is 0 Å². The number of carboxylic acids is 1. The molecule has 1 aromatic heterocycles. The van der Waals surface area contributed by atoms with Crippen LogP contribution < -0.4 is 0 Å². The van der Waals surface area contributed by atoms with Crippen LogP contribution in [0.4, 0.5) is 13.2 Å². The molecule has 0 amide bonds. The minimum atomic E-state index is -5.08. The van der Waals surface area contributed by atoms with Crippen LogP contribution in [0.1, 0.15) is 5.56 Å². The van der Waals surface area contributed by atoms with Gasteiger partial charge in [0, 0.05) is 15.5 Å². The number of aliphatic carboxylic acids is 1. The number of nitriles is 1. The van der Waals surface area contributed by atoms with E-state index in [0.717, 1.165) is 10.9 Å². The Labute approximate surface area is 104 Å². The van der Waals surface area contributed by atoms with E-state index in [4.69, 9.17) is 15.2 Å².